The fourth-order valence-electron chi connectivity index (χ4n) is 3.83. The number of hydrogen-bond donors (Lipinski definition) is 3. The summed E-state index contributed by atoms with van der Waals surface area (Å²) >= 11 is 0. The Morgan fingerprint density at radius 3 is 2.41 bits per heavy atom. The molecule has 0 bridgehead atoms. The average Bonchev–Trinajstić information content (AvgIpc) is 3.23. The highest BCUT2D eigenvalue weighted by atomic mass is 16.6. The first-order valence-corrected chi connectivity index (χ1v) is 11.0. The number of anilines is 1. The van der Waals surface area contributed by atoms with Crippen molar-refractivity contribution in [3.63, 3.8) is 0 Å². The average molecular weight is 468 g/mol. The summed E-state index contributed by atoms with van der Waals surface area (Å²) in [4.78, 5) is 50.7. The van der Waals surface area contributed by atoms with Gasteiger partial charge in [0, 0.05) is 18.2 Å². The van der Waals surface area contributed by atoms with Crippen LogP contribution >= 0.6 is 0 Å². The van der Waals surface area contributed by atoms with E-state index in [9.17, 15) is 19.2 Å². The molecule has 1 fully saturated rings. The van der Waals surface area contributed by atoms with Crippen molar-refractivity contribution in [3.8, 4) is 0 Å². The third-order valence-corrected chi connectivity index (χ3v) is 5.34. The summed E-state index contributed by atoms with van der Waals surface area (Å²) in [5.74, 6) is -2.04. The lowest BCUT2D eigenvalue weighted by Gasteiger charge is -2.27. The van der Waals surface area contributed by atoms with Gasteiger partial charge in [-0.15, -0.1) is 0 Å². The molecule has 2 atom stereocenters. The number of hydrogen-bond acceptors (Lipinski definition) is 5. The van der Waals surface area contributed by atoms with Crippen LogP contribution in [0.1, 0.15) is 49.0 Å². The highest BCUT2D eigenvalue weighted by Gasteiger charge is 2.42. The first-order chi connectivity index (χ1) is 16.0. The van der Waals surface area contributed by atoms with Crippen LogP contribution in [0.5, 0.6) is 0 Å². The number of benzene rings is 2. The molecule has 34 heavy (non-hydrogen) atoms. The van der Waals surface area contributed by atoms with Gasteiger partial charge in [-0.05, 0) is 51.0 Å². The summed E-state index contributed by atoms with van der Waals surface area (Å²) in [6.07, 6.45) is 0.429. The number of nitrogens with one attached hydrogen (secondary N) is 2. The summed E-state index contributed by atoms with van der Waals surface area (Å²) in [5, 5.41) is 14.1. The second kappa shape index (κ2) is 10.4. The third kappa shape index (κ3) is 6.57. The van der Waals surface area contributed by atoms with E-state index in [0.717, 1.165) is 5.56 Å². The fourth-order valence-corrected chi connectivity index (χ4v) is 3.83. The van der Waals surface area contributed by atoms with Crippen LogP contribution in [-0.4, -0.2) is 58.6 Å². The molecule has 0 spiro atoms. The molecular formula is C25H29N3O6. The van der Waals surface area contributed by atoms with Crippen molar-refractivity contribution >= 4 is 29.6 Å². The monoisotopic (exact) mass is 467 g/mol. The Hall–Kier alpha value is -3.88. The molecule has 3 N–H and O–H groups in total. The zero-order valence-electron chi connectivity index (χ0n) is 19.4. The third-order valence-electron chi connectivity index (χ3n) is 5.34. The summed E-state index contributed by atoms with van der Waals surface area (Å²) in [7, 11) is 0. The minimum absolute atomic E-state index is 0.0260. The van der Waals surface area contributed by atoms with Gasteiger partial charge in [0.25, 0.3) is 0 Å². The number of carbonyl (C=O) groups is 4. The Morgan fingerprint density at radius 2 is 1.76 bits per heavy atom. The van der Waals surface area contributed by atoms with Gasteiger partial charge in [-0.1, -0.05) is 36.4 Å². The fraction of sp³-hybridized carbons (Fsp3) is 0.360. The number of amides is 3. The summed E-state index contributed by atoms with van der Waals surface area (Å²) in [6, 6.07) is 14.0. The molecular weight excluding hydrogens is 438 g/mol. The van der Waals surface area contributed by atoms with E-state index in [1.165, 1.54) is 29.2 Å². The van der Waals surface area contributed by atoms with E-state index in [4.69, 9.17) is 9.84 Å². The van der Waals surface area contributed by atoms with Gasteiger partial charge in [-0.2, -0.15) is 0 Å². The molecule has 2 unspecified atom stereocenters. The smallest absolute Gasteiger partial charge is 0.335 e. The van der Waals surface area contributed by atoms with Crippen molar-refractivity contribution in [2.24, 2.45) is 0 Å². The zero-order valence-corrected chi connectivity index (χ0v) is 19.4. The van der Waals surface area contributed by atoms with Crippen LogP contribution in [-0.2, 0) is 14.3 Å². The maximum absolute atomic E-state index is 13.0. The van der Waals surface area contributed by atoms with E-state index >= 15 is 0 Å². The first-order valence-electron chi connectivity index (χ1n) is 11.0. The predicted molar refractivity (Wildman–Crippen MR) is 126 cm³/mol. The maximum Gasteiger partial charge on any atom is 0.335 e. The molecule has 3 rings (SSSR count). The summed E-state index contributed by atoms with van der Waals surface area (Å²) in [5.41, 5.74) is 0.634. The van der Waals surface area contributed by atoms with Crippen LogP contribution in [0.2, 0.25) is 0 Å². The quantitative estimate of drug-likeness (QED) is 0.560. The molecule has 1 saturated heterocycles. The van der Waals surface area contributed by atoms with Gasteiger partial charge < -0.3 is 25.4 Å². The van der Waals surface area contributed by atoms with Crippen molar-refractivity contribution in [3.05, 3.63) is 65.7 Å². The lowest BCUT2D eigenvalue weighted by molar-refractivity contribution is -0.163. The Kier molecular flexibility index (Phi) is 7.55. The Morgan fingerprint density at radius 1 is 1.06 bits per heavy atom. The Labute approximate surface area is 198 Å². The number of esters is 1. The lowest BCUT2D eigenvalue weighted by Crippen LogP contribution is -2.47. The number of aromatic carboxylic acids is 1. The Balaban J connectivity index is 1.66. The standard InChI is InChI=1S/C25H29N3O6/c1-25(2,3)34-23(32)20-13-18(16-8-5-4-6-9-16)15-28(20)21(29)14-26-24(33)27-19-11-7-10-17(12-19)22(30)31/h4-12,18,20H,13-15H2,1-3H3,(H,30,31)(H2,26,27,33). The SMILES string of the molecule is CC(C)(C)OC(=O)C1CC(c2ccccc2)CN1C(=O)CNC(=O)Nc1cccc(C(=O)O)c1. The molecule has 180 valence electrons. The van der Waals surface area contributed by atoms with Gasteiger partial charge in [-0.3, -0.25) is 4.79 Å². The minimum atomic E-state index is -1.12. The number of urea groups is 1. The van der Waals surface area contributed by atoms with E-state index in [0.29, 0.717) is 13.0 Å². The first kappa shape index (κ1) is 24.8. The molecule has 0 aromatic heterocycles. The van der Waals surface area contributed by atoms with Crippen molar-refractivity contribution in [2.45, 2.75) is 44.8 Å². The molecule has 1 heterocycles. The van der Waals surface area contributed by atoms with Crippen LogP contribution in [0.25, 0.3) is 0 Å². The van der Waals surface area contributed by atoms with E-state index < -0.39 is 35.5 Å². The van der Waals surface area contributed by atoms with Crippen LogP contribution in [0.4, 0.5) is 10.5 Å². The minimum Gasteiger partial charge on any atom is -0.478 e. The number of carboxylic acid groups (broad SMARTS) is 1. The van der Waals surface area contributed by atoms with Crippen LogP contribution in [0.3, 0.4) is 0 Å². The van der Waals surface area contributed by atoms with Crippen LogP contribution in [0.15, 0.2) is 54.6 Å². The second-order valence-corrected chi connectivity index (χ2v) is 9.13. The number of carboxylic acids is 1. The van der Waals surface area contributed by atoms with Gasteiger partial charge in [0.1, 0.15) is 11.6 Å². The Bertz CT molecular complexity index is 1060. The van der Waals surface area contributed by atoms with Gasteiger partial charge in [0.15, 0.2) is 0 Å². The second-order valence-electron chi connectivity index (χ2n) is 9.13. The van der Waals surface area contributed by atoms with Crippen molar-refractivity contribution in [1.29, 1.82) is 0 Å². The van der Waals surface area contributed by atoms with E-state index in [1.807, 2.05) is 30.3 Å². The highest BCUT2D eigenvalue weighted by molar-refractivity contribution is 5.95. The predicted octanol–water partition coefficient (Wildman–Crippen LogP) is 3.23. The van der Waals surface area contributed by atoms with Crippen LogP contribution < -0.4 is 10.6 Å². The molecule has 9 heteroatoms. The normalized spacial score (nSPS) is 17.7. The molecule has 2 aromatic carbocycles. The number of ether oxygens (including phenoxy) is 1. The van der Waals surface area contributed by atoms with E-state index in [-0.39, 0.29) is 23.7 Å². The van der Waals surface area contributed by atoms with Gasteiger partial charge in [0.05, 0.1) is 12.1 Å². The van der Waals surface area contributed by atoms with E-state index in [1.54, 1.807) is 20.8 Å². The van der Waals surface area contributed by atoms with Gasteiger partial charge in [-0.25, -0.2) is 14.4 Å². The number of likely N-dealkylation sites (tertiary alicyclic amines) is 1. The topological polar surface area (TPSA) is 125 Å². The number of nitrogens with zero attached hydrogens (tertiary/aromatic N) is 1. The molecule has 0 saturated carbocycles. The van der Waals surface area contributed by atoms with Crippen molar-refractivity contribution in [2.75, 3.05) is 18.4 Å². The van der Waals surface area contributed by atoms with Crippen LogP contribution in [0, 0.1) is 0 Å². The molecule has 0 radical (unpaired) electrons. The van der Waals surface area contributed by atoms with Crippen molar-refractivity contribution < 1.29 is 29.0 Å². The number of carbonyl (C=O) groups excluding carboxylic acids is 3. The highest BCUT2D eigenvalue weighted by Crippen LogP contribution is 2.33. The van der Waals surface area contributed by atoms with E-state index in [2.05, 4.69) is 10.6 Å². The molecule has 2 aromatic rings. The van der Waals surface area contributed by atoms with Crippen molar-refractivity contribution in [1.82, 2.24) is 10.2 Å². The lowest BCUT2D eigenvalue weighted by atomic mass is 9.96. The maximum atomic E-state index is 13.0. The molecule has 3 amide bonds. The molecule has 9 nitrogen and oxygen atoms in total. The van der Waals surface area contributed by atoms with Gasteiger partial charge >= 0.3 is 18.0 Å². The molecule has 1 aliphatic heterocycles. The number of rotatable bonds is 6. The summed E-state index contributed by atoms with van der Waals surface area (Å²) < 4.78 is 5.54. The largest absolute Gasteiger partial charge is 0.478 e. The molecule has 1 aliphatic rings. The summed E-state index contributed by atoms with van der Waals surface area (Å²) in [6.45, 7) is 5.31. The molecule has 0 aliphatic carbocycles. The zero-order chi connectivity index (χ0) is 24.9. The van der Waals surface area contributed by atoms with Gasteiger partial charge in [0.2, 0.25) is 5.91 Å².